The molecule has 2 aliphatic rings. The molecule has 1 saturated heterocycles. The Bertz CT molecular complexity index is 919. The number of nitrogens with zero attached hydrogens (tertiary/aromatic N) is 1. The maximum absolute atomic E-state index is 12.8. The highest BCUT2D eigenvalue weighted by Gasteiger charge is 2.29. The molecule has 4 rings (SSSR count). The van der Waals surface area contributed by atoms with Gasteiger partial charge in [-0.1, -0.05) is 42.5 Å². The summed E-state index contributed by atoms with van der Waals surface area (Å²) in [5, 5.41) is 21.0. The third-order valence-electron chi connectivity index (χ3n) is 6.73. The molecule has 33 heavy (non-hydrogen) atoms. The highest BCUT2D eigenvalue weighted by atomic mass is 16.3. The van der Waals surface area contributed by atoms with E-state index in [-0.39, 0.29) is 23.9 Å². The number of hydrogen-bond donors (Lipinski definition) is 4. The van der Waals surface area contributed by atoms with Crippen LogP contribution in [0.1, 0.15) is 41.3 Å². The summed E-state index contributed by atoms with van der Waals surface area (Å²) >= 11 is 0. The molecule has 0 radical (unpaired) electrons. The number of carbonyl (C=O) groups excluding carboxylic acids is 2. The van der Waals surface area contributed by atoms with Gasteiger partial charge in [-0.3, -0.25) is 14.9 Å². The lowest BCUT2D eigenvalue weighted by atomic mass is 10.0. The molecule has 4 N–H and O–H groups in total. The van der Waals surface area contributed by atoms with Gasteiger partial charge in [0, 0.05) is 44.2 Å². The number of aliphatic hydroxyl groups excluding tert-OH is 1. The van der Waals surface area contributed by atoms with Crippen molar-refractivity contribution in [3.8, 4) is 0 Å². The van der Waals surface area contributed by atoms with Crippen LogP contribution in [0.15, 0.2) is 54.6 Å². The summed E-state index contributed by atoms with van der Waals surface area (Å²) in [6, 6.07) is 17.9. The minimum atomic E-state index is -0.799. The van der Waals surface area contributed by atoms with Crippen LogP contribution in [0.4, 0.5) is 0 Å². The zero-order chi connectivity index (χ0) is 23.2. The second-order valence-corrected chi connectivity index (χ2v) is 9.11. The Kier molecular flexibility index (Phi) is 7.75. The molecule has 0 aromatic heterocycles. The number of fused-ring (bicyclic) bond motifs is 1. The molecule has 1 heterocycles. The number of carbonyl (C=O) groups is 2. The summed E-state index contributed by atoms with van der Waals surface area (Å²) in [5.74, 6) is -0.134. The second kappa shape index (κ2) is 10.9. The summed E-state index contributed by atoms with van der Waals surface area (Å²) in [4.78, 5) is 26.3. The average Bonchev–Trinajstić information content (AvgIpc) is 3.26. The lowest BCUT2D eigenvalue weighted by Gasteiger charge is -2.36. The Morgan fingerprint density at radius 1 is 0.970 bits per heavy atom. The first-order chi connectivity index (χ1) is 16.0. The minimum absolute atomic E-state index is 0.0872. The van der Waals surface area contributed by atoms with Crippen molar-refractivity contribution in [1.82, 2.24) is 20.9 Å². The van der Waals surface area contributed by atoms with Crippen molar-refractivity contribution in [1.29, 1.82) is 0 Å². The van der Waals surface area contributed by atoms with Gasteiger partial charge in [-0.05, 0) is 48.9 Å². The Labute approximate surface area is 195 Å². The number of nitrogens with one attached hydrogen (secondary N) is 3. The van der Waals surface area contributed by atoms with Gasteiger partial charge in [0.25, 0.3) is 5.91 Å². The van der Waals surface area contributed by atoms with Crippen LogP contribution < -0.4 is 16.0 Å². The molecule has 1 fully saturated rings. The topological polar surface area (TPSA) is 93.7 Å². The molecule has 2 amide bonds. The molecular weight excluding hydrogens is 416 g/mol. The van der Waals surface area contributed by atoms with Crippen LogP contribution in [0.25, 0.3) is 0 Å². The smallest absolute Gasteiger partial charge is 0.252 e. The first kappa shape index (κ1) is 23.4. The highest BCUT2D eigenvalue weighted by molar-refractivity contribution is 5.94. The van der Waals surface area contributed by atoms with Crippen molar-refractivity contribution in [3.05, 3.63) is 71.3 Å². The molecule has 1 aliphatic heterocycles. The molecule has 1 aliphatic carbocycles. The van der Waals surface area contributed by atoms with E-state index in [1.54, 1.807) is 19.1 Å². The number of benzene rings is 2. The van der Waals surface area contributed by atoms with Crippen molar-refractivity contribution in [2.45, 2.75) is 57.0 Å². The van der Waals surface area contributed by atoms with Gasteiger partial charge in [0.15, 0.2) is 0 Å². The van der Waals surface area contributed by atoms with E-state index < -0.39 is 12.3 Å². The standard InChI is InChI=1S/C26H34N4O3/c1-18(31)30-13-11-22(12-14-30)28-25(29-26(33)19-7-3-2-4-8-19)24(32)17-27-23-15-20-9-5-6-10-21(20)16-23/h2-10,22-25,27-28,32H,11-17H2,1H3,(H,29,33). The van der Waals surface area contributed by atoms with Crippen molar-refractivity contribution < 1.29 is 14.7 Å². The molecule has 0 saturated carbocycles. The van der Waals surface area contributed by atoms with Crippen LogP contribution in [0.5, 0.6) is 0 Å². The van der Waals surface area contributed by atoms with Crippen molar-refractivity contribution >= 4 is 11.8 Å². The zero-order valence-electron chi connectivity index (χ0n) is 19.2. The van der Waals surface area contributed by atoms with Gasteiger partial charge < -0.3 is 20.6 Å². The number of hydrogen-bond acceptors (Lipinski definition) is 5. The highest BCUT2D eigenvalue weighted by Crippen LogP contribution is 2.21. The van der Waals surface area contributed by atoms with Gasteiger partial charge in [0.05, 0.1) is 6.10 Å². The molecule has 2 unspecified atom stereocenters. The number of piperidine rings is 1. The summed E-state index contributed by atoms with van der Waals surface area (Å²) in [5.41, 5.74) is 3.27. The van der Waals surface area contributed by atoms with Gasteiger partial charge in [-0.2, -0.15) is 0 Å². The first-order valence-corrected chi connectivity index (χ1v) is 11.9. The molecular formula is C26H34N4O3. The maximum atomic E-state index is 12.8. The Morgan fingerprint density at radius 3 is 2.18 bits per heavy atom. The summed E-state index contributed by atoms with van der Waals surface area (Å²) in [6.45, 7) is 3.33. The van der Waals surface area contributed by atoms with Crippen LogP contribution in [0, 0.1) is 0 Å². The van der Waals surface area contributed by atoms with Crippen molar-refractivity contribution in [3.63, 3.8) is 0 Å². The van der Waals surface area contributed by atoms with E-state index in [9.17, 15) is 14.7 Å². The number of likely N-dealkylation sites (tertiary alicyclic amines) is 1. The molecule has 176 valence electrons. The fourth-order valence-electron chi connectivity index (χ4n) is 4.79. The van der Waals surface area contributed by atoms with Crippen molar-refractivity contribution in [2.75, 3.05) is 19.6 Å². The largest absolute Gasteiger partial charge is 0.388 e. The predicted octanol–water partition coefficient (Wildman–Crippen LogP) is 1.46. The number of aliphatic hydroxyl groups is 1. The maximum Gasteiger partial charge on any atom is 0.252 e. The van der Waals surface area contributed by atoms with E-state index in [1.165, 1.54) is 11.1 Å². The van der Waals surface area contributed by atoms with Gasteiger partial charge in [0.1, 0.15) is 6.17 Å². The lowest BCUT2D eigenvalue weighted by Crippen LogP contribution is -2.60. The van der Waals surface area contributed by atoms with Gasteiger partial charge >= 0.3 is 0 Å². The predicted molar refractivity (Wildman–Crippen MR) is 128 cm³/mol. The molecule has 2 aromatic rings. The van der Waals surface area contributed by atoms with Crippen LogP contribution in [-0.4, -0.2) is 65.8 Å². The number of amides is 2. The molecule has 0 bridgehead atoms. The molecule has 2 atom stereocenters. The summed E-state index contributed by atoms with van der Waals surface area (Å²) in [6.07, 6.45) is 2.07. The Hall–Kier alpha value is -2.74. The molecule has 7 nitrogen and oxygen atoms in total. The number of rotatable bonds is 8. The van der Waals surface area contributed by atoms with Crippen LogP contribution in [0.3, 0.4) is 0 Å². The summed E-state index contributed by atoms with van der Waals surface area (Å²) < 4.78 is 0. The summed E-state index contributed by atoms with van der Waals surface area (Å²) in [7, 11) is 0. The Balaban J connectivity index is 1.36. The first-order valence-electron chi connectivity index (χ1n) is 11.9. The quantitative estimate of drug-likeness (QED) is 0.457. The monoisotopic (exact) mass is 450 g/mol. The molecule has 7 heteroatoms. The third-order valence-corrected chi connectivity index (χ3v) is 6.73. The van der Waals surface area contributed by atoms with Crippen molar-refractivity contribution in [2.24, 2.45) is 0 Å². The van der Waals surface area contributed by atoms with Crippen LogP contribution in [0.2, 0.25) is 0 Å². The SMILES string of the molecule is CC(=O)N1CCC(NC(NC(=O)c2ccccc2)C(O)CNC2Cc3ccccc3C2)CC1. The minimum Gasteiger partial charge on any atom is -0.388 e. The molecule has 0 spiro atoms. The lowest BCUT2D eigenvalue weighted by molar-refractivity contribution is -0.129. The van der Waals surface area contributed by atoms with Gasteiger partial charge in [-0.15, -0.1) is 0 Å². The fraction of sp³-hybridized carbons (Fsp3) is 0.462. The van der Waals surface area contributed by atoms with Gasteiger partial charge in [-0.25, -0.2) is 0 Å². The zero-order valence-corrected chi connectivity index (χ0v) is 19.2. The fourth-order valence-corrected chi connectivity index (χ4v) is 4.79. The van der Waals surface area contributed by atoms with Gasteiger partial charge in [0.2, 0.25) is 5.91 Å². The normalized spacial score (nSPS) is 18.5. The van der Waals surface area contributed by atoms with E-state index in [1.807, 2.05) is 23.1 Å². The molecule has 2 aromatic carbocycles. The van der Waals surface area contributed by atoms with E-state index in [0.717, 1.165) is 25.7 Å². The van der Waals surface area contributed by atoms with E-state index >= 15 is 0 Å². The Morgan fingerprint density at radius 2 is 1.58 bits per heavy atom. The van der Waals surface area contributed by atoms with E-state index in [0.29, 0.717) is 25.2 Å². The third kappa shape index (κ3) is 6.19. The second-order valence-electron chi connectivity index (χ2n) is 9.11. The van der Waals surface area contributed by atoms with Crippen LogP contribution in [-0.2, 0) is 17.6 Å². The van der Waals surface area contributed by atoms with Crippen LogP contribution >= 0.6 is 0 Å². The van der Waals surface area contributed by atoms with E-state index in [4.69, 9.17) is 0 Å². The average molecular weight is 451 g/mol. The van der Waals surface area contributed by atoms with E-state index in [2.05, 4.69) is 40.2 Å².